The van der Waals surface area contributed by atoms with Crippen molar-refractivity contribution in [3.8, 4) is 5.75 Å². The van der Waals surface area contributed by atoms with Gasteiger partial charge in [0.2, 0.25) is 5.91 Å². The monoisotopic (exact) mass is 337 g/mol. The van der Waals surface area contributed by atoms with Gasteiger partial charge in [0.15, 0.2) is 5.75 Å². The Kier molecular flexibility index (Phi) is 9.44. The summed E-state index contributed by atoms with van der Waals surface area (Å²) in [5, 5.41) is 13.7. The molecule has 1 amide bonds. The van der Waals surface area contributed by atoms with Crippen molar-refractivity contribution >= 4 is 35.6 Å². The maximum atomic E-state index is 11.4. The third-order valence-electron chi connectivity index (χ3n) is 2.41. The molecule has 1 aromatic rings. The Morgan fingerprint density at radius 2 is 2.19 bits per heavy atom. The van der Waals surface area contributed by atoms with Gasteiger partial charge in [0.05, 0.1) is 18.0 Å². The molecule has 9 heteroatoms. The minimum Gasteiger partial charge on any atom is -0.486 e. The quantitative estimate of drug-likeness (QED) is 0.428. The highest BCUT2D eigenvalue weighted by atomic mass is 35.5. The average Bonchev–Trinajstić information content (AvgIpc) is 2.40. The SMILES string of the molecule is Cl.NCCCNC(=O)CCOc1ccc(Cl)cc1[N+](=O)[O-]. The molecule has 0 radical (unpaired) electrons. The summed E-state index contributed by atoms with van der Waals surface area (Å²) in [6, 6.07) is 4.11. The maximum Gasteiger partial charge on any atom is 0.312 e. The molecule has 7 nitrogen and oxygen atoms in total. The van der Waals surface area contributed by atoms with Gasteiger partial charge in [-0.1, -0.05) is 11.6 Å². The number of carbonyl (C=O) groups is 1. The van der Waals surface area contributed by atoms with Crippen LogP contribution in [0.25, 0.3) is 0 Å². The number of nitrogens with zero attached hydrogens (tertiary/aromatic N) is 1. The molecule has 21 heavy (non-hydrogen) atoms. The van der Waals surface area contributed by atoms with Crippen molar-refractivity contribution < 1.29 is 14.5 Å². The van der Waals surface area contributed by atoms with E-state index in [1.165, 1.54) is 18.2 Å². The van der Waals surface area contributed by atoms with Crippen LogP contribution in [0.5, 0.6) is 5.75 Å². The fraction of sp³-hybridized carbons (Fsp3) is 0.417. The first kappa shape index (κ1) is 19.4. The predicted octanol–water partition coefficient (Wildman–Crippen LogP) is 1.90. The highest BCUT2D eigenvalue weighted by Crippen LogP contribution is 2.29. The summed E-state index contributed by atoms with van der Waals surface area (Å²) >= 11 is 5.68. The van der Waals surface area contributed by atoms with Crippen molar-refractivity contribution in [2.75, 3.05) is 19.7 Å². The van der Waals surface area contributed by atoms with Crippen molar-refractivity contribution in [2.45, 2.75) is 12.8 Å². The molecular weight excluding hydrogens is 321 g/mol. The molecule has 0 aliphatic heterocycles. The average molecular weight is 338 g/mol. The molecule has 0 aromatic heterocycles. The zero-order chi connectivity index (χ0) is 15.0. The molecule has 0 aliphatic carbocycles. The molecule has 0 bridgehead atoms. The van der Waals surface area contributed by atoms with Gasteiger partial charge in [0, 0.05) is 17.6 Å². The summed E-state index contributed by atoms with van der Waals surface area (Å²) in [4.78, 5) is 21.6. The molecule has 1 rings (SSSR count). The lowest BCUT2D eigenvalue weighted by Crippen LogP contribution is -2.27. The first-order chi connectivity index (χ1) is 9.54. The van der Waals surface area contributed by atoms with E-state index >= 15 is 0 Å². The fourth-order valence-corrected chi connectivity index (χ4v) is 1.59. The second kappa shape index (κ2) is 10.2. The van der Waals surface area contributed by atoms with E-state index in [2.05, 4.69) is 5.32 Å². The third kappa shape index (κ3) is 7.12. The molecule has 0 spiro atoms. The van der Waals surface area contributed by atoms with Crippen molar-refractivity contribution in [3.63, 3.8) is 0 Å². The Morgan fingerprint density at radius 1 is 1.48 bits per heavy atom. The Hall–Kier alpha value is -1.57. The van der Waals surface area contributed by atoms with Crippen LogP contribution in [0.2, 0.25) is 5.02 Å². The number of amides is 1. The van der Waals surface area contributed by atoms with Crippen molar-refractivity contribution in [3.05, 3.63) is 33.3 Å². The van der Waals surface area contributed by atoms with E-state index < -0.39 is 4.92 Å². The van der Waals surface area contributed by atoms with Crippen LogP contribution in [-0.2, 0) is 4.79 Å². The summed E-state index contributed by atoms with van der Waals surface area (Å²) < 4.78 is 5.24. The molecule has 0 heterocycles. The van der Waals surface area contributed by atoms with Gasteiger partial charge in [-0.2, -0.15) is 0 Å². The van der Waals surface area contributed by atoms with E-state index in [0.29, 0.717) is 19.5 Å². The summed E-state index contributed by atoms with van der Waals surface area (Å²) in [7, 11) is 0. The van der Waals surface area contributed by atoms with E-state index in [1.54, 1.807) is 0 Å². The van der Waals surface area contributed by atoms with E-state index in [9.17, 15) is 14.9 Å². The molecule has 0 fully saturated rings. The van der Waals surface area contributed by atoms with Gasteiger partial charge in [0.1, 0.15) is 0 Å². The zero-order valence-electron chi connectivity index (χ0n) is 11.2. The number of hydrogen-bond acceptors (Lipinski definition) is 5. The van der Waals surface area contributed by atoms with E-state index in [-0.39, 0.29) is 47.8 Å². The molecule has 0 saturated carbocycles. The maximum absolute atomic E-state index is 11.4. The second-order valence-corrected chi connectivity index (χ2v) is 4.40. The molecular formula is C12H17Cl2N3O4. The summed E-state index contributed by atoms with van der Waals surface area (Å²) in [6.45, 7) is 1.07. The van der Waals surface area contributed by atoms with E-state index in [0.717, 1.165) is 0 Å². The minimum absolute atomic E-state index is 0. The number of nitrogens with one attached hydrogen (secondary N) is 1. The van der Waals surface area contributed by atoms with Crippen LogP contribution in [0, 0.1) is 10.1 Å². The molecule has 0 unspecified atom stereocenters. The lowest BCUT2D eigenvalue weighted by molar-refractivity contribution is -0.385. The van der Waals surface area contributed by atoms with Crippen LogP contribution < -0.4 is 15.8 Å². The Labute approximate surface area is 133 Å². The molecule has 0 saturated heterocycles. The zero-order valence-corrected chi connectivity index (χ0v) is 12.8. The lowest BCUT2D eigenvalue weighted by Gasteiger charge is -2.07. The third-order valence-corrected chi connectivity index (χ3v) is 2.64. The topological polar surface area (TPSA) is 107 Å². The summed E-state index contributed by atoms with van der Waals surface area (Å²) in [6.07, 6.45) is 0.819. The number of benzene rings is 1. The van der Waals surface area contributed by atoms with Gasteiger partial charge in [-0.15, -0.1) is 12.4 Å². The molecule has 3 N–H and O–H groups in total. The number of rotatable bonds is 8. The van der Waals surface area contributed by atoms with Gasteiger partial charge < -0.3 is 15.8 Å². The number of nitro groups is 1. The molecule has 0 aliphatic rings. The first-order valence-corrected chi connectivity index (χ1v) is 6.46. The van der Waals surface area contributed by atoms with Crippen molar-refractivity contribution in [1.82, 2.24) is 5.32 Å². The van der Waals surface area contributed by atoms with Crippen molar-refractivity contribution in [2.24, 2.45) is 5.73 Å². The minimum atomic E-state index is -0.581. The lowest BCUT2D eigenvalue weighted by atomic mass is 10.3. The van der Waals surface area contributed by atoms with Crippen molar-refractivity contribution in [1.29, 1.82) is 0 Å². The number of nitrogens with two attached hydrogens (primary N) is 1. The van der Waals surface area contributed by atoms with Gasteiger partial charge in [-0.3, -0.25) is 14.9 Å². The van der Waals surface area contributed by atoms with Crippen LogP contribution in [-0.4, -0.2) is 30.5 Å². The van der Waals surface area contributed by atoms with Gasteiger partial charge in [0.25, 0.3) is 0 Å². The summed E-state index contributed by atoms with van der Waals surface area (Å²) in [5.41, 5.74) is 5.08. The number of carbonyl (C=O) groups excluding carboxylic acids is 1. The van der Waals surface area contributed by atoms with Gasteiger partial charge in [-0.25, -0.2) is 0 Å². The van der Waals surface area contributed by atoms with Gasteiger partial charge in [-0.05, 0) is 25.1 Å². The predicted molar refractivity (Wildman–Crippen MR) is 82.1 cm³/mol. The number of halogens is 2. The second-order valence-electron chi connectivity index (χ2n) is 3.96. The normalized spacial score (nSPS) is 9.62. The molecule has 0 atom stereocenters. The highest BCUT2D eigenvalue weighted by Gasteiger charge is 2.15. The van der Waals surface area contributed by atoms with Crippen LogP contribution in [0.15, 0.2) is 18.2 Å². The Bertz CT molecular complexity index is 486. The number of ether oxygens (including phenoxy) is 1. The standard InChI is InChI=1S/C12H16ClN3O4.ClH/c13-9-2-3-11(10(8-9)16(18)19)20-7-4-12(17)15-6-1-5-14;/h2-3,8H,1,4-7,14H2,(H,15,17);1H. The number of nitro benzene ring substituents is 1. The Morgan fingerprint density at radius 3 is 2.81 bits per heavy atom. The molecule has 1 aromatic carbocycles. The largest absolute Gasteiger partial charge is 0.486 e. The summed E-state index contributed by atoms with van der Waals surface area (Å²) in [5.74, 6) is -0.0933. The van der Waals surface area contributed by atoms with Crippen LogP contribution >= 0.6 is 24.0 Å². The van der Waals surface area contributed by atoms with Crippen LogP contribution in [0.3, 0.4) is 0 Å². The van der Waals surface area contributed by atoms with Gasteiger partial charge >= 0.3 is 5.69 Å². The molecule has 118 valence electrons. The first-order valence-electron chi connectivity index (χ1n) is 6.08. The number of hydrogen-bond donors (Lipinski definition) is 2. The fourth-order valence-electron chi connectivity index (χ4n) is 1.43. The van der Waals surface area contributed by atoms with E-state index in [1.807, 2.05) is 0 Å². The smallest absolute Gasteiger partial charge is 0.312 e. The van der Waals surface area contributed by atoms with Crippen LogP contribution in [0.4, 0.5) is 5.69 Å². The highest BCUT2D eigenvalue weighted by molar-refractivity contribution is 6.30. The Balaban J connectivity index is 0.00000400. The van der Waals surface area contributed by atoms with E-state index in [4.69, 9.17) is 22.1 Å². The van der Waals surface area contributed by atoms with Crippen LogP contribution in [0.1, 0.15) is 12.8 Å².